The Morgan fingerprint density at radius 1 is 1.10 bits per heavy atom. The maximum absolute atomic E-state index is 13.1. The van der Waals surface area contributed by atoms with Gasteiger partial charge in [0.1, 0.15) is 4.90 Å². The summed E-state index contributed by atoms with van der Waals surface area (Å²) < 4.78 is 27.6. The van der Waals surface area contributed by atoms with Crippen molar-refractivity contribution in [1.29, 1.82) is 0 Å². The third kappa shape index (κ3) is 5.31. The third-order valence-electron chi connectivity index (χ3n) is 5.26. The van der Waals surface area contributed by atoms with Gasteiger partial charge in [-0.3, -0.25) is 4.79 Å². The predicted octanol–water partition coefficient (Wildman–Crippen LogP) is 4.39. The van der Waals surface area contributed by atoms with Gasteiger partial charge in [0.2, 0.25) is 10.0 Å². The number of sulfonamides is 1. The maximum Gasteiger partial charge on any atom is 0.254 e. The van der Waals surface area contributed by atoms with Crippen molar-refractivity contribution in [3.63, 3.8) is 0 Å². The van der Waals surface area contributed by atoms with Crippen LogP contribution < -0.4 is 0 Å². The Labute approximate surface area is 184 Å². The zero-order chi connectivity index (χ0) is 21.6. The van der Waals surface area contributed by atoms with Gasteiger partial charge in [-0.25, -0.2) is 8.42 Å². The van der Waals surface area contributed by atoms with Crippen molar-refractivity contribution in [1.82, 2.24) is 9.21 Å². The fourth-order valence-corrected chi connectivity index (χ4v) is 5.62. The van der Waals surface area contributed by atoms with Crippen LogP contribution in [0, 0.1) is 0 Å². The van der Waals surface area contributed by atoms with E-state index in [2.05, 4.69) is 6.58 Å². The van der Waals surface area contributed by atoms with E-state index in [1.54, 1.807) is 17.0 Å². The SMILES string of the molecule is C=CCN(CCc1ccccc1)C(=O)c1ccc(Cl)c(S(=O)(=O)N2CCCCC2)c1. The number of carbonyl (C=O) groups is 1. The van der Waals surface area contributed by atoms with Gasteiger partial charge < -0.3 is 4.90 Å². The van der Waals surface area contributed by atoms with E-state index < -0.39 is 10.0 Å². The average Bonchev–Trinajstić information content (AvgIpc) is 2.77. The standard InChI is InChI=1S/C23H27ClN2O3S/c1-2-14-25(17-13-19-9-5-3-6-10-19)23(27)20-11-12-21(24)22(18-20)30(28,29)26-15-7-4-8-16-26/h2-3,5-6,9-12,18H,1,4,7-8,13-17H2. The van der Waals surface area contributed by atoms with Gasteiger partial charge in [0.25, 0.3) is 5.91 Å². The zero-order valence-corrected chi connectivity index (χ0v) is 18.5. The summed E-state index contributed by atoms with van der Waals surface area (Å²) in [5.41, 5.74) is 1.44. The van der Waals surface area contributed by atoms with E-state index >= 15 is 0 Å². The predicted molar refractivity (Wildman–Crippen MR) is 120 cm³/mol. The van der Waals surface area contributed by atoms with E-state index in [0.717, 1.165) is 24.8 Å². The quantitative estimate of drug-likeness (QED) is 0.565. The summed E-state index contributed by atoms with van der Waals surface area (Å²) in [5, 5.41) is 0.136. The number of nitrogens with zero attached hydrogens (tertiary/aromatic N) is 2. The Kier molecular flexibility index (Phi) is 7.69. The van der Waals surface area contributed by atoms with Crippen LogP contribution in [-0.4, -0.2) is 49.7 Å². The van der Waals surface area contributed by atoms with Crippen LogP contribution in [0.3, 0.4) is 0 Å². The van der Waals surface area contributed by atoms with Gasteiger partial charge in [-0.15, -0.1) is 6.58 Å². The molecule has 160 valence electrons. The molecule has 0 aromatic heterocycles. The Morgan fingerprint density at radius 3 is 2.47 bits per heavy atom. The second-order valence-corrected chi connectivity index (χ2v) is 9.70. The lowest BCUT2D eigenvalue weighted by molar-refractivity contribution is 0.0775. The number of piperidine rings is 1. The lowest BCUT2D eigenvalue weighted by Crippen LogP contribution is -2.36. The highest BCUT2D eigenvalue weighted by molar-refractivity contribution is 7.89. The fraction of sp³-hybridized carbons (Fsp3) is 0.348. The minimum Gasteiger partial charge on any atom is -0.335 e. The molecule has 0 bridgehead atoms. The minimum absolute atomic E-state index is 0.00136. The average molecular weight is 447 g/mol. The van der Waals surface area contributed by atoms with Gasteiger partial charge in [-0.2, -0.15) is 4.31 Å². The van der Waals surface area contributed by atoms with Crippen molar-refractivity contribution >= 4 is 27.5 Å². The summed E-state index contributed by atoms with van der Waals surface area (Å²) in [7, 11) is -3.73. The van der Waals surface area contributed by atoms with Gasteiger partial charge in [-0.05, 0) is 43.0 Å². The second-order valence-electron chi connectivity index (χ2n) is 7.39. The molecule has 1 amide bonds. The number of rotatable bonds is 8. The molecule has 1 aliphatic rings. The lowest BCUT2D eigenvalue weighted by Gasteiger charge is -2.27. The Balaban J connectivity index is 1.83. The van der Waals surface area contributed by atoms with Gasteiger partial charge in [-0.1, -0.05) is 54.4 Å². The summed E-state index contributed by atoms with van der Waals surface area (Å²) in [5.74, 6) is -0.238. The number of hydrogen-bond donors (Lipinski definition) is 0. The van der Waals surface area contributed by atoms with E-state index in [1.807, 2.05) is 30.3 Å². The van der Waals surface area contributed by atoms with Crippen LogP contribution in [0.25, 0.3) is 0 Å². The second kappa shape index (κ2) is 10.2. The topological polar surface area (TPSA) is 57.7 Å². The van der Waals surface area contributed by atoms with Crippen molar-refractivity contribution in [2.75, 3.05) is 26.2 Å². The fourth-order valence-electron chi connectivity index (χ4n) is 3.60. The summed E-state index contributed by atoms with van der Waals surface area (Å²) in [4.78, 5) is 14.8. The number of carbonyl (C=O) groups excluding carboxylic acids is 1. The summed E-state index contributed by atoms with van der Waals surface area (Å²) >= 11 is 6.24. The number of benzene rings is 2. The molecular formula is C23H27ClN2O3S. The zero-order valence-electron chi connectivity index (χ0n) is 17.0. The van der Waals surface area contributed by atoms with Gasteiger partial charge in [0, 0.05) is 31.7 Å². The van der Waals surface area contributed by atoms with E-state index in [9.17, 15) is 13.2 Å². The molecule has 0 unspecified atom stereocenters. The molecule has 1 heterocycles. The largest absolute Gasteiger partial charge is 0.335 e. The van der Waals surface area contributed by atoms with Gasteiger partial charge in [0.15, 0.2) is 0 Å². The first kappa shape index (κ1) is 22.5. The monoisotopic (exact) mass is 446 g/mol. The minimum atomic E-state index is -3.73. The molecule has 1 saturated heterocycles. The molecule has 2 aromatic rings. The number of amides is 1. The highest BCUT2D eigenvalue weighted by atomic mass is 35.5. The van der Waals surface area contributed by atoms with Crippen LogP contribution in [-0.2, 0) is 16.4 Å². The van der Waals surface area contributed by atoms with Crippen molar-refractivity contribution in [3.05, 3.63) is 77.3 Å². The van der Waals surface area contributed by atoms with Crippen molar-refractivity contribution in [2.24, 2.45) is 0 Å². The van der Waals surface area contributed by atoms with Crippen molar-refractivity contribution in [2.45, 2.75) is 30.6 Å². The molecule has 0 radical (unpaired) electrons. The number of hydrogen-bond acceptors (Lipinski definition) is 3. The molecule has 1 aliphatic heterocycles. The molecule has 0 atom stereocenters. The molecular weight excluding hydrogens is 420 g/mol. The van der Waals surface area contributed by atoms with E-state index in [0.29, 0.717) is 38.2 Å². The van der Waals surface area contributed by atoms with Crippen molar-refractivity contribution in [3.8, 4) is 0 Å². The van der Waals surface area contributed by atoms with Gasteiger partial charge >= 0.3 is 0 Å². The molecule has 2 aromatic carbocycles. The van der Waals surface area contributed by atoms with Crippen LogP contribution in [0.2, 0.25) is 5.02 Å². The maximum atomic E-state index is 13.1. The first-order valence-corrected chi connectivity index (χ1v) is 12.0. The van der Waals surface area contributed by atoms with Gasteiger partial charge in [0.05, 0.1) is 5.02 Å². The smallest absolute Gasteiger partial charge is 0.254 e. The first-order valence-electron chi connectivity index (χ1n) is 10.2. The van der Waals surface area contributed by atoms with E-state index in [1.165, 1.54) is 16.4 Å². The first-order chi connectivity index (χ1) is 14.4. The van der Waals surface area contributed by atoms with Crippen LogP contribution in [0.5, 0.6) is 0 Å². The van der Waals surface area contributed by atoms with Crippen LogP contribution in [0.1, 0.15) is 35.2 Å². The molecule has 30 heavy (non-hydrogen) atoms. The Morgan fingerprint density at radius 2 is 1.80 bits per heavy atom. The van der Waals surface area contributed by atoms with Crippen LogP contribution >= 0.6 is 11.6 Å². The van der Waals surface area contributed by atoms with E-state index in [4.69, 9.17) is 11.6 Å². The van der Waals surface area contributed by atoms with Crippen molar-refractivity contribution < 1.29 is 13.2 Å². The van der Waals surface area contributed by atoms with Crippen LogP contribution in [0.4, 0.5) is 0 Å². The molecule has 0 aliphatic carbocycles. The Hall–Kier alpha value is -2.15. The molecule has 0 saturated carbocycles. The normalized spacial score (nSPS) is 15.0. The summed E-state index contributed by atoms with van der Waals surface area (Å²) in [6, 6.07) is 14.4. The number of halogens is 1. The molecule has 7 heteroatoms. The lowest BCUT2D eigenvalue weighted by atomic mass is 10.1. The summed E-state index contributed by atoms with van der Waals surface area (Å²) in [6.07, 6.45) is 5.07. The van der Waals surface area contributed by atoms with Crippen LogP contribution in [0.15, 0.2) is 66.1 Å². The third-order valence-corrected chi connectivity index (χ3v) is 7.64. The highest BCUT2D eigenvalue weighted by Crippen LogP contribution is 2.28. The van der Waals surface area contributed by atoms with E-state index in [-0.39, 0.29) is 15.8 Å². The molecule has 0 spiro atoms. The highest BCUT2D eigenvalue weighted by Gasteiger charge is 2.29. The molecule has 5 nitrogen and oxygen atoms in total. The molecule has 1 fully saturated rings. The summed E-state index contributed by atoms with van der Waals surface area (Å²) in [6.45, 7) is 5.59. The molecule has 0 N–H and O–H groups in total. The Bertz CT molecular complexity index is 987. The molecule has 3 rings (SSSR count).